The lowest BCUT2D eigenvalue weighted by molar-refractivity contribution is 0.414. The first-order valence-electron chi connectivity index (χ1n) is 8.42. The standard InChI is InChI=1S/C19H20N4O3S/c1-3-27(24,25)17-5-4-12-20-19(17)16-10-11-18(23-22-16)21-13-14-6-8-15(26-2)9-7-14/h4-12H,3,13H2,1-2H3,(H,21,23). The highest BCUT2D eigenvalue weighted by Crippen LogP contribution is 2.24. The summed E-state index contributed by atoms with van der Waals surface area (Å²) in [6.07, 6.45) is 1.54. The van der Waals surface area contributed by atoms with Gasteiger partial charge in [0.1, 0.15) is 23.0 Å². The smallest absolute Gasteiger partial charge is 0.180 e. The SMILES string of the molecule is CCS(=O)(=O)c1cccnc1-c1ccc(NCc2ccc(OC)cc2)nn1. The highest BCUT2D eigenvalue weighted by Gasteiger charge is 2.19. The quantitative estimate of drug-likeness (QED) is 0.669. The summed E-state index contributed by atoms with van der Waals surface area (Å²) in [5.74, 6) is 1.39. The monoisotopic (exact) mass is 384 g/mol. The molecule has 0 aliphatic rings. The second-order valence-corrected chi connectivity index (χ2v) is 8.01. The highest BCUT2D eigenvalue weighted by atomic mass is 32.2. The maximum absolute atomic E-state index is 12.3. The Balaban J connectivity index is 1.76. The lowest BCUT2D eigenvalue weighted by Gasteiger charge is -2.09. The molecule has 0 saturated carbocycles. The number of hydrogen-bond donors (Lipinski definition) is 1. The van der Waals surface area contributed by atoms with E-state index in [4.69, 9.17) is 4.74 Å². The zero-order valence-corrected chi connectivity index (χ0v) is 15.9. The summed E-state index contributed by atoms with van der Waals surface area (Å²) in [6, 6.07) is 14.3. The molecule has 140 valence electrons. The van der Waals surface area contributed by atoms with Gasteiger partial charge in [-0.3, -0.25) is 4.98 Å². The van der Waals surface area contributed by atoms with Crippen LogP contribution >= 0.6 is 0 Å². The van der Waals surface area contributed by atoms with E-state index in [9.17, 15) is 8.42 Å². The van der Waals surface area contributed by atoms with Gasteiger partial charge < -0.3 is 10.1 Å². The minimum atomic E-state index is -3.40. The lowest BCUT2D eigenvalue weighted by Crippen LogP contribution is -2.08. The maximum Gasteiger partial charge on any atom is 0.180 e. The van der Waals surface area contributed by atoms with E-state index in [1.165, 1.54) is 0 Å². The molecule has 0 aliphatic heterocycles. The van der Waals surface area contributed by atoms with E-state index in [0.717, 1.165) is 11.3 Å². The van der Waals surface area contributed by atoms with Crippen molar-refractivity contribution in [1.82, 2.24) is 15.2 Å². The maximum atomic E-state index is 12.3. The van der Waals surface area contributed by atoms with Gasteiger partial charge in [0, 0.05) is 12.7 Å². The van der Waals surface area contributed by atoms with Crippen LogP contribution in [0, 0.1) is 0 Å². The molecule has 0 radical (unpaired) electrons. The Morgan fingerprint density at radius 3 is 2.44 bits per heavy atom. The average Bonchev–Trinajstić information content (AvgIpc) is 2.73. The second kappa shape index (κ2) is 8.13. The number of nitrogens with one attached hydrogen (secondary N) is 1. The Morgan fingerprint density at radius 1 is 1.04 bits per heavy atom. The summed E-state index contributed by atoms with van der Waals surface area (Å²) in [4.78, 5) is 4.36. The van der Waals surface area contributed by atoms with E-state index in [1.54, 1.807) is 44.5 Å². The molecular formula is C19H20N4O3S. The zero-order valence-electron chi connectivity index (χ0n) is 15.1. The van der Waals surface area contributed by atoms with Crippen LogP contribution in [-0.2, 0) is 16.4 Å². The second-order valence-electron chi connectivity index (χ2n) is 5.76. The van der Waals surface area contributed by atoms with Crippen LogP contribution in [0.15, 0.2) is 59.6 Å². The van der Waals surface area contributed by atoms with Gasteiger partial charge in [-0.2, -0.15) is 0 Å². The number of methoxy groups -OCH3 is 1. The number of nitrogens with zero attached hydrogens (tertiary/aromatic N) is 3. The minimum Gasteiger partial charge on any atom is -0.497 e. The van der Waals surface area contributed by atoms with Gasteiger partial charge in [0.2, 0.25) is 0 Å². The molecular weight excluding hydrogens is 364 g/mol. The van der Waals surface area contributed by atoms with Gasteiger partial charge in [0.05, 0.1) is 17.8 Å². The van der Waals surface area contributed by atoms with Crippen molar-refractivity contribution in [3.05, 3.63) is 60.3 Å². The van der Waals surface area contributed by atoms with Crippen molar-refractivity contribution < 1.29 is 13.2 Å². The number of hydrogen-bond acceptors (Lipinski definition) is 7. The van der Waals surface area contributed by atoms with Gasteiger partial charge in [-0.15, -0.1) is 10.2 Å². The first-order valence-corrected chi connectivity index (χ1v) is 10.1. The number of sulfone groups is 1. The first-order chi connectivity index (χ1) is 13.0. The van der Waals surface area contributed by atoms with E-state index in [1.807, 2.05) is 24.3 Å². The summed E-state index contributed by atoms with van der Waals surface area (Å²) in [6.45, 7) is 2.18. The molecule has 0 spiro atoms. The lowest BCUT2D eigenvalue weighted by atomic mass is 10.2. The average molecular weight is 384 g/mol. The predicted octanol–water partition coefficient (Wildman–Crippen LogP) is 2.95. The third kappa shape index (κ3) is 4.40. The molecule has 3 rings (SSSR count). The van der Waals surface area contributed by atoms with Crippen molar-refractivity contribution in [2.45, 2.75) is 18.4 Å². The number of anilines is 1. The van der Waals surface area contributed by atoms with Crippen LogP contribution in [0.25, 0.3) is 11.4 Å². The molecule has 2 aromatic heterocycles. The van der Waals surface area contributed by atoms with Crippen LogP contribution in [0.1, 0.15) is 12.5 Å². The number of benzene rings is 1. The number of rotatable bonds is 7. The van der Waals surface area contributed by atoms with E-state index in [2.05, 4.69) is 20.5 Å². The number of ether oxygens (including phenoxy) is 1. The molecule has 1 aromatic carbocycles. The van der Waals surface area contributed by atoms with Crippen LogP contribution in [0.4, 0.5) is 5.82 Å². The van der Waals surface area contributed by atoms with Crippen molar-refractivity contribution in [2.75, 3.05) is 18.2 Å². The van der Waals surface area contributed by atoms with Gasteiger partial charge in [-0.05, 0) is 42.0 Å². The summed E-state index contributed by atoms with van der Waals surface area (Å²) in [5, 5.41) is 11.4. The first kappa shape index (κ1) is 18.8. The number of pyridine rings is 1. The van der Waals surface area contributed by atoms with E-state index >= 15 is 0 Å². The fourth-order valence-electron chi connectivity index (χ4n) is 2.48. The summed E-state index contributed by atoms with van der Waals surface area (Å²) < 4.78 is 29.7. The summed E-state index contributed by atoms with van der Waals surface area (Å²) in [5.41, 5.74) is 1.80. The fourth-order valence-corrected chi connectivity index (χ4v) is 3.53. The Labute approximate surface area is 158 Å². The van der Waals surface area contributed by atoms with Crippen LogP contribution in [-0.4, -0.2) is 36.5 Å². The summed E-state index contributed by atoms with van der Waals surface area (Å²) in [7, 11) is -1.77. The molecule has 0 atom stereocenters. The molecule has 0 aliphatic carbocycles. The van der Waals surface area contributed by atoms with Crippen molar-refractivity contribution in [1.29, 1.82) is 0 Å². The van der Waals surface area contributed by atoms with E-state index in [-0.39, 0.29) is 10.6 Å². The van der Waals surface area contributed by atoms with Crippen molar-refractivity contribution in [2.24, 2.45) is 0 Å². The molecule has 2 heterocycles. The Morgan fingerprint density at radius 2 is 1.81 bits per heavy atom. The Kier molecular flexibility index (Phi) is 5.66. The van der Waals surface area contributed by atoms with Gasteiger partial charge in [0.25, 0.3) is 0 Å². The largest absolute Gasteiger partial charge is 0.497 e. The van der Waals surface area contributed by atoms with Crippen LogP contribution < -0.4 is 10.1 Å². The molecule has 3 aromatic rings. The predicted molar refractivity (Wildman–Crippen MR) is 103 cm³/mol. The molecule has 0 bridgehead atoms. The Hall–Kier alpha value is -3.00. The molecule has 8 heteroatoms. The zero-order chi connectivity index (χ0) is 19.3. The molecule has 0 fully saturated rings. The van der Waals surface area contributed by atoms with Crippen molar-refractivity contribution >= 4 is 15.7 Å². The van der Waals surface area contributed by atoms with Crippen molar-refractivity contribution in [3.63, 3.8) is 0 Å². The van der Waals surface area contributed by atoms with Crippen LogP contribution in [0.3, 0.4) is 0 Å². The molecule has 7 nitrogen and oxygen atoms in total. The normalized spacial score (nSPS) is 11.2. The highest BCUT2D eigenvalue weighted by molar-refractivity contribution is 7.91. The molecule has 0 amide bonds. The fraction of sp³-hybridized carbons (Fsp3) is 0.211. The van der Waals surface area contributed by atoms with E-state index in [0.29, 0.717) is 23.8 Å². The van der Waals surface area contributed by atoms with Gasteiger partial charge in [-0.1, -0.05) is 19.1 Å². The Bertz CT molecular complexity index is 1000. The molecule has 27 heavy (non-hydrogen) atoms. The third-order valence-corrected chi connectivity index (χ3v) is 5.79. The van der Waals surface area contributed by atoms with Crippen LogP contribution in [0.5, 0.6) is 5.75 Å². The van der Waals surface area contributed by atoms with Crippen molar-refractivity contribution in [3.8, 4) is 17.1 Å². The summed E-state index contributed by atoms with van der Waals surface area (Å²) >= 11 is 0. The van der Waals surface area contributed by atoms with E-state index < -0.39 is 9.84 Å². The van der Waals surface area contributed by atoms with Crippen LogP contribution in [0.2, 0.25) is 0 Å². The van der Waals surface area contributed by atoms with Gasteiger partial charge in [0.15, 0.2) is 9.84 Å². The minimum absolute atomic E-state index is 0.000617. The third-order valence-electron chi connectivity index (χ3n) is 4.03. The topological polar surface area (TPSA) is 94.1 Å². The number of aromatic nitrogens is 3. The molecule has 0 unspecified atom stereocenters. The van der Waals surface area contributed by atoms with Gasteiger partial charge in [-0.25, -0.2) is 8.42 Å². The van der Waals surface area contributed by atoms with Gasteiger partial charge >= 0.3 is 0 Å². The molecule has 0 saturated heterocycles. The molecule has 1 N–H and O–H groups in total.